The van der Waals surface area contributed by atoms with Gasteiger partial charge in [-0.1, -0.05) is 23.4 Å². The van der Waals surface area contributed by atoms with Crippen molar-refractivity contribution in [3.05, 3.63) is 47.2 Å². The normalized spacial score (nSPS) is 18.0. The van der Waals surface area contributed by atoms with E-state index >= 15 is 0 Å². The monoisotopic (exact) mass is 487 g/mol. The number of likely N-dealkylation sites (tertiary alicyclic amines) is 1. The summed E-state index contributed by atoms with van der Waals surface area (Å²) in [6.07, 6.45) is -2.03. The molecule has 2 aromatic heterocycles. The molecule has 2 aliphatic heterocycles. The van der Waals surface area contributed by atoms with Crippen molar-refractivity contribution >= 4 is 17.0 Å². The Balaban J connectivity index is 1.39. The SMILES string of the molecule is Cc1noc2nc(-c3ccccc3C(F)(F)F)cc(C(=O)N3CCN(CCN4CCCC4)CC3)c12. The Kier molecular flexibility index (Phi) is 6.50. The molecular weight excluding hydrogens is 459 g/mol. The maximum atomic E-state index is 13.7. The Morgan fingerprint density at radius 2 is 1.66 bits per heavy atom. The average molecular weight is 488 g/mol. The van der Waals surface area contributed by atoms with E-state index in [4.69, 9.17) is 4.52 Å². The molecule has 0 bridgehead atoms. The second kappa shape index (κ2) is 9.58. The summed E-state index contributed by atoms with van der Waals surface area (Å²) in [6, 6.07) is 6.66. The van der Waals surface area contributed by atoms with E-state index in [0.717, 1.165) is 45.3 Å². The highest BCUT2D eigenvalue weighted by Gasteiger charge is 2.34. The number of carbonyl (C=O) groups is 1. The minimum atomic E-state index is -4.56. The Morgan fingerprint density at radius 1 is 1.00 bits per heavy atom. The predicted molar refractivity (Wildman–Crippen MR) is 125 cm³/mol. The highest BCUT2D eigenvalue weighted by atomic mass is 19.4. The molecule has 3 aromatic rings. The smallest absolute Gasteiger partial charge is 0.336 e. The van der Waals surface area contributed by atoms with Gasteiger partial charge in [-0.25, -0.2) is 4.98 Å². The quantitative estimate of drug-likeness (QED) is 0.541. The molecule has 7 nitrogen and oxygen atoms in total. The van der Waals surface area contributed by atoms with E-state index in [1.165, 1.54) is 37.1 Å². The number of hydrogen-bond donors (Lipinski definition) is 0. The summed E-state index contributed by atoms with van der Waals surface area (Å²) in [5.74, 6) is -0.242. The van der Waals surface area contributed by atoms with Crippen molar-refractivity contribution in [1.29, 1.82) is 0 Å². The molecule has 0 aliphatic carbocycles. The maximum Gasteiger partial charge on any atom is 0.417 e. The first-order chi connectivity index (χ1) is 16.8. The zero-order chi connectivity index (χ0) is 24.6. The van der Waals surface area contributed by atoms with Crippen LogP contribution in [0.15, 0.2) is 34.9 Å². The number of benzene rings is 1. The van der Waals surface area contributed by atoms with Crippen LogP contribution in [0, 0.1) is 6.92 Å². The van der Waals surface area contributed by atoms with E-state index in [-0.39, 0.29) is 28.4 Å². The van der Waals surface area contributed by atoms with Gasteiger partial charge in [0.2, 0.25) is 0 Å². The molecule has 4 heterocycles. The van der Waals surface area contributed by atoms with Gasteiger partial charge >= 0.3 is 6.18 Å². The van der Waals surface area contributed by atoms with Crippen LogP contribution in [-0.2, 0) is 6.18 Å². The largest absolute Gasteiger partial charge is 0.417 e. The molecule has 35 heavy (non-hydrogen) atoms. The number of piperazine rings is 1. The van der Waals surface area contributed by atoms with Crippen LogP contribution in [0.1, 0.15) is 34.5 Å². The number of fused-ring (bicyclic) bond motifs is 1. The van der Waals surface area contributed by atoms with Gasteiger partial charge in [0, 0.05) is 44.8 Å². The average Bonchev–Trinajstić information content (AvgIpc) is 3.51. The number of carbonyl (C=O) groups excluding carboxylic acids is 1. The molecule has 0 saturated carbocycles. The summed E-state index contributed by atoms with van der Waals surface area (Å²) in [5.41, 5.74) is -0.0643. The van der Waals surface area contributed by atoms with Crippen LogP contribution >= 0.6 is 0 Å². The van der Waals surface area contributed by atoms with E-state index in [2.05, 4.69) is 19.9 Å². The number of hydrogen-bond acceptors (Lipinski definition) is 6. The van der Waals surface area contributed by atoms with Crippen LogP contribution in [0.4, 0.5) is 13.2 Å². The van der Waals surface area contributed by atoms with E-state index in [0.29, 0.717) is 24.2 Å². The van der Waals surface area contributed by atoms with Gasteiger partial charge in [0.05, 0.1) is 27.9 Å². The first-order valence-corrected chi connectivity index (χ1v) is 12.0. The van der Waals surface area contributed by atoms with Gasteiger partial charge in [0.15, 0.2) is 0 Å². The van der Waals surface area contributed by atoms with Crippen molar-refractivity contribution in [2.45, 2.75) is 25.9 Å². The first-order valence-electron chi connectivity index (χ1n) is 12.0. The summed E-state index contributed by atoms with van der Waals surface area (Å²) in [5, 5.41) is 4.36. The lowest BCUT2D eigenvalue weighted by Crippen LogP contribution is -2.50. The van der Waals surface area contributed by atoms with Crippen molar-refractivity contribution in [2.24, 2.45) is 0 Å². The summed E-state index contributed by atoms with van der Waals surface area (Å²) < 4.78 is 46.2. The number of alkyl halides is 3. The fourth-order valence-electron chi connectivity index (χ4n) is 4.99. The number of aryl methyl sites for hydroxylation is 1. The van der Waals surface area contributed by atoms with Gasteiger partial charge in [0.25, 0.3) is 11.6 Å². The van der Waals surface area contributed by atoms with Crippen LogP contribution in [0.2, 0.25) is 0 Å². The predicted octanol–water partition coefficient (Wildman–Crippen LogP) is 4.07. The highest BCUT2D eigenvalue weighted by Crippen LogP contribution is 2.37. The fraction of sp³-hybridized carbons (Fsp3) is 0.480. The summed E-state index contributed by atoms with van der Waals surface area (Å²) >= 11 is 0. The van der Waals surface area contributed by atoms with Gasteiger partial charge in [-0.2, -0.15) is 13.2 Å². The third kappa shape index (κ3) is 4.90. The van der Waals surface area contributed by atoms with Gasteiger partial charge in [-0.15, -0.1) is 0 Å². The number of pyridine rings is 1. The van der Waals surface area contributed by atoms with Crippen molar-refractivity contribution in [1.82, 2.24) is 24.8 Å². The van der Waals surface area contributed by atoms with Gasteiger partial charge in [-0.05, 0) is 45.0 Å². The maximum absolute atomic E-state index is 13.7. The molecule has 1 aromatic carbocycles. The molecule has 0 spiro atoms. The molecule has 2 aliphatic rings. The molecule has 0 unspecified atom stereocenters. The highest BCUT2D eigenvalue weighted by molar-refractivity contribution is 6.07. The Morgan fingerprint density at radius 3 is 2.34 bits per heavy atom. The van der Waals surface area contributed by atoms with E-state index in [9.17, 15) is 18.0 Å². The Labute approximate surface area is 201 Å². The second-order valence-corrected chi connectivity index (χ2v) is 9.23. The van der Waals surface area contributed by atoms with Gasteiger partial charge < -0.3 is 14.3 Å². The first kappa shape index (κ1) is 23.7. The van der Waals surface area contributed by atoms with Crippen molar-refractivity contribution in [3.63, 3.8) is 0 Å². The second-order valence-electron chi connectivity index (χ2n) is 9.23. The zero-order valence-corrected chi connectivity index (χ0v) is 19.6. The van der Waals surface area contributed by atoms with Crippen LogP contribution in [0.5, 0.6) is 0 Å². The molecule has 0 radical (unpaired) electrons. The van der Waals surface area contributed by atoms with E-state index < -0.39 is 11.7 Å². The Bertz CT molecular complexity index is 1210. The molecule has 186 valence electrons. The topological polar surface area (TPSA) is 65.7 Å². The molecule has 5 rings (SSSR count). The zero-order valence-electron chi connectivity index (χ0n) is 19.6. The summed E-state index contributed by atoms with van der Waals surface area (Å²) in [7, 11) is 0. The van der Waals surface area contributed by atoms with Crippen LogP contribution in [0.25, 0.3) is 22.4 Å². The summed E-state index contributed by atoms with van der Waals surface area (Å²) in [6.45, 7) is 8.68. The van der Waals surface area contributed by atoms with Crippen LogP contribution < -0.4 is 0 Å². The molecule has 10 heteroatoms. The fourth-order valence-corrected chi connectivity index (χ4v) is 4.99. The molecule has 2 fully saturated rings. The number of rotatable bonds is 5. The Hall–Kier alpha value is -2.98. The summed E-state index contributed by atoms with van der Waals surface area (Å²) in [4.78, 5) is 24.5. The molecule has 1 amide bonds. The van der Waals surface area contributed by atoms with Crippen LogP contribution in [0.3, 0.4) is 0 Å². The lowest BCUT2D eigenvalue weighted by Gasteiger charge is -2.35. The number of aromatic nitrogens is 2. The number of amides is 1. The standard InChI is InChI=1S/C25H28F3N5O2/c1-17-22-19(24(34)33-14-12-32(13-15-33)11-10-31-8-4-5-9-31)16-21(29-23(22)35-30-17)18-6-2-3-7-20(18)25(26,27)28/h2-3,6-7,16H,4-5,8-15H2,1H3. The minimum Gasteiger partial charge on any atom is -0.336 e. The van der Waals surface area contributed by atoms with E-state index in [1.807, 2.05) is 0 Å². The minimum absolute atomic E-state index is 0.0363. The van der Waals surface area contributed by atoms with Crippen molar-refractivity contribution in [2.75, 3.05) is 52.4 Å². The number of halogens is 3. The van der Waals surface area contributed by atoms with Gasteiger partial charge in [0.1, 0.15) is 0 Å². The lowest BCUT2D eigenvalue weighted by molar-refractivity contribution is -0.137. The van der Waals surface area contributed by atoms with Crippen molar-refractivity contribution in [3.8, 4) is 11.3 Å². The van der Waals surface area contributed by atoms with Gasteiger partial charge in [-0.3, -0.25) is 9.69 Å². The third-order valence-corrected chi connectivity index (χ3v) is 6.95. The van der Waals surface area contributed by atoms with E-state index in [1.54, 1.807) is 11.8 Å². The number of nitrogens with zero attached hydrogens (tertiary/aromatic N) is 5. The van der Waals surface area contributed by atoms with Crippen LogP contribution in [-0.4, -0.2) is 83.1 Å². The molecule has 0 N–H and O–H groups in total. The lowest BCUT2D eigenvalue weighted by atomic mass is 10.00. The molecular formula is C25H28F3N5O2. The third-order valence-electron chi connectivity index (χ3n) is 6.95. The van der Waals surface area contributed by atoms with Crippen molar-refractivity contribution < 1.29 is 22.5 Å². The molecule has 0 atom stereocenters. The molecule has 2 saturated heterocycles.